The first-order chi connectivity index (χ1) is 7.86. The van der Waals surface area contributed by atoms with E-state index < -0.39 is 0 Å². The minimum atomic E-state index is 0.810. The van der Waals surface area contributed by atoms with E-state index >= 15 is 0 Å². The molecule has 0 aliphatic rings. The van der Waals surface area contributed by atoms with Crippen molar-refractivity contribution in [1.29, 1.82) is 0 Å². The van der Waals surface area contributed by atoms with Crippen molar-refractivity contribution in [3.63, 3.8) is 0 Å². The number of nitrogens with one attached hydrogen (secondary N) is 1. The van der Waals surface area contributed by atoms with Crippen LogP contribution >= 0.6 is 11.3 Å². The van der Waals surface area contributed by atoms with Crippen LogP contribution in [0, 0.1) is 0 Å². The van der Waals surface area contributed by atoms with E-state index in [0.29, 0.717) is 0 Å². The quantitative estimate of drug-likeness (QED) is 0.671. The Morgan fingerprint density at radius 1 is 1.19 bits per heavy atom. The zero-order valence-electron chi connectivity index (χ0n) is 10.4. The summed E-state index contributed by atoms with van der Waals surface area (Å²) in [7, 11) is 1.74. The molecule has 16 heavy (non-hydrogen) atoms. The molecule has 1 N–H and O–H groups in total. The average molecular weight is 241 g/mol. The number of aryl methyl sites for hydroxylation is 2. The van der Waals surface area contributed by atoms with Crippen LogP contribution in [0.4, 0.5) is 0 Å². The van der Waals surface area contributed by atoms with Gasteiger partial charge in [-0.3, -0.25) is 0 Å². The fourth-order valence-corrected chi connectivity index (χ4v) is 2.59. The largest absolute Gasteiger partial charge is 0.383 e. The zero-order valence-corrected chi connectivity index (χ0v) is 11.2. The van der Waals surface area contributed by atoms with Crippen molar-refractivity contribution in [2.45, 2.75) is 32.6 Å². The smallest absolute Gasteiger partial charge is 0.0587 e. The first kappa shape index (κ1) is 13.7. The monoisotopic (exact) mass is 241 g/mol. The molecule has 0 amide bonds. The van der Waals surface area contributed by atoms with Crippen LogP contribution in [0.25, 0.3) is 0 Å². The molecule has 0 unspecified atom stereocenters. The molecule has 0 saturated heterocycles. The van der Waals surface area contributed by atoms with Gasteiger partial charge < -0.3 is 10.1 Å². The van der Waals surface area contributed by atoms with Gasteiger partial charge in [-0.2, -0.15) is 0 Å². The third-order valence-corrected chi connectivity index (χ3v) is 3.86. The summed E-state index contributed by atoms with van der Waals surface area (Å²) >= 11 is 1.96. The molecule has 0 fully saturated rings. The van der Waals surface area contributed by atoms with Crippen LogP contribution in [0.1, 0.15) is 29.5 Å². The fourth-order valence-electron chi connectivity index (χ4n) is 1.60. The SMILES string of the molecule is CCc1ccc(CCCCNCCOC)s1. The van der Waals surface area contributed by atoms with Gasteiger partial charge in [0.1, 0.15) is 0 Å². The van der Waals surface area contributed by atoms with E-state index in [1.165, 1.54) is 35.4 Å². The Balaban J connectivity index is 1.98. The number of rotatable bonds is 9. The molecule has 1 aromatic heterocycles. The van der Waals surface area contributed by atoms with Crippen LogP contribution in [-0.2, 0) is 17.6 Å². The molecule has 0 bridgehead atoms. The van der Waals surface area contributed by atoms with Crippen molar-refractivity contribution in [2.75, 3.05) is 26.8 Å². The minimum Gasteiger partial charge on any atom is -0.383 e. The summed E-state index contributed by atoms with van der Waals surface area (Å²) in [6.07, 6.45) is 4.94. The van der Waals surface area contributed by atoms with Crippen LogP contribution in [0.15, 0.2) is 12.1 Å². The predicted octanol–water partition coefficient (Wildman–Crippen LogP) is 2.87. The van der Waals surface area contributed by atoms with Crippen LogP contribution in [0.5, 0.6) is 0 Å². The molecular weight excluding hydrogens is 218 g/mol. The second-order valence-corrected chi connectivity index (χ2v) is 5.17. The summed E-state index contributed by atoms with van der Waals surface area (Å²) < 4.78 is 4.97. The Kier molecular flexibility index (Phi) is 7.47. The lowest BCUT2D eigenvalue weighted by molar-refractivity contribution is 0.199. The van der Waals surface area contributed by atoms with Crippen LogP contribution in [-0.4, -0.2) is 26.8 Å². The number of unbranched alkanes of at least 4 members (excludes halogenated alkanes) is 1. The van der Waals surface area contributed by atoms with Gasteiger partial charge in [0.05, 0.1) is 6.61 Å². The van der Waals surface area contributed by atoms with E-state index in [0.717, 1.165) is 19.7 Å². The lowest BCUT2D eigenvalue weighted by atomic mass is 10.2. The molecular formula is C13H23NOS. The highest BCUT2D eigenvalue weighted by Gasteiger charge is 1.98. The van der Waals surface area contributed by atoms with E-state index in [-0.39, 0.29) is 0 Å². The standard InChI is InChI=1S/C13H23NOS/c1-3-12-7-8-13(16-12)6-4-5-9-14-10-11-15-2/h7-8,14H,3-6,9-11H2,1-2H3. The van der Waals surface area contributed by atoms with Crippen LogP contribution in [0.2, 0.25) is 0 Å². The Bertz CT molecular complexity index is 273. The van der Waals surface area contributed by atoms with Crippen molar-refractivity contribution in [3.8, 4) is 0 Å². The highest BCUT2D eigenvalue weighted by Crippen LogP contribution is 2.18. The van der Waals surface area contributed by atoms with E-state index in [4.69, 9.17) is 4.74 Å². The van der Waals surface area contributed by atoms with E-state index in [1.807, 2.05) is 11.3 Å². The van der Waals surface area contributed by atoms with Crippen molar-refractivity contribution in [3.05, 3.63) is 21.9 Å². The number of ether oxygens (including phenoxy) is 1. The van der Waals surface area contributed by atoms with Crippen molar-refractivity contribution in [2.24, 2.45) is 0 Å². The highest BCUT2D eigenvalue weighted by atomic mass is 32.1. The fraction of sp³-hybridized carbons (Fsp3) is 0.692. The Morgan fingerprint density at radius 3 is 2.69 bits per heavy atom. The molecule has 0 radical (unpaired) electrons. The number of hydrogen-bond donors (Lipinski definition) is 1. The first-order valence-corrected chi connectivity index (χ1v) is 6.95. The molecule has 1 rings (SSSR count). The second kappa shape index (κ2) is 8.74. The molecule has 3 heteroatoms. The molecule has 0 atom stereocenters. The van der Waals surface area contributed by atoms with E-state index in [1.54, 1.807) is 7.11 Å². The molecule has 1 heterocycles. The number of thiophene rings is 1. The van der Waals surface area contributed by atoms with Gasteiger partial charge in [0.2, 0.25) is 0 Å². The van der Waals surface area contributed by atoms with Crippen LogP contribution in [0.3, 0.4) is 0 Å². The lowest BCUT2D eigenvalue weighted by Crippen LogP contribution is -2.20. The maximum atomic E-state index is 4.97. The molecule has 0 aliphatic heterocycles. The van der Waals surface area contributed by atoms with Gasteiger partial charge in [-0.05, 0) is 44.4 Å². The summed E-state index contributed by atoms with van der Waals surface area (Å²) in [4.78, 5) is 3.04. The van der Waals surface area contributed by atoms with Gasteiger partial charge in [0, 0.05) is 23.4 Å². The molecule has 0 saturated carbocycles. The number of hydrogen-bond acceptors (Lipinski definition) is 3. The first-order valence-electron chi connectivity index (χ1n) is 6.14. The Morgan fingerprint density at radius 2 is 2.00 bits per heavy atom. The topological polar surface area (TPSA) is 21.3 Å². The Hall–Kier alpha value is -0.380. The van der Waals surface area contributed by atoms with Crippen molar-refractivity contribution < 1.29 is 4.74 Å². The third-order valence-electron chi connectivity index (χ3n) is 2.58. The van der Waals surface area contributed by atoms with Gasteiger partial charge in [-0.25, -0.2) is 0 Å². The third kappa shape index (κ3) is 5.64. The minimum absolute atomic E-state index is 0.810. The summed E-state index contributed by atoms with van der Waals surface area (Å²) in [6.45, 7) is 5.10. The van der Waals surface area contributed by atoms with Gasteiger partial charge >= 0.3 is 0 Å². The average Bonchev–Trinajstić information content (AvgIpc) is 2.76. The van der Waals surface area contributed by atoms with Crippen molar-refractivity contribution >= 4 is 11.3 Å². The summed E-state index contributed by atoms with van der Waals surface area (Å²) in [6, 6.07) is 4.54. The molecule has 0 aliphatic carbocycles. The van der Waals surface area contributed by atoms with Gasteiger partial charge in [-0.15, -0.1) is 11.3 Å². The predicted molar refractivity (Wildman–Crippen MR) is 71.4 cm³/mol. The molecule has 1 aromatic rings. The molecule has 2 nitrogen and oxygen atoms in total. The van der Waals surface area contributed by atoms with Gasteiger partial charge in [-0.1, -0.05) is 6.92 Å². The molecule has 0 spiro atoms. The summed E-state index contributed by atoms with van der Waals surface area (Å²) in [5.74, 6) is 0. The highest BCUT2D eigenvalue weighted by molar-refractivity contribution is 7.11. The normalized spacial score (nSPS) is 10.9. The molecule has 92 valence electrons. The number of methoxy groups -OCH3 is 1. The second-order valence-electron chi connectivity index (χ2n) is 3.92. The maximum Gasteiger partial charge on any atom is 0.0587 e. The van der Waals surface area contributed by atoms with Gasteiger partial charge in [0.15, 0.2) is 0 Å². The van der Waals surface area contributed by atoms with Crippen molar-refractivity contribution in [1.82, 2.24) is 5.32 Å². The van der Waals surface area contributed by atoms with Crippen LogP contribution < -0.4 is 5.32 Å². The summed E-state index contributed by atoms with van der Waals surface area (Å²) in [5, 5.41) is 3.37. The maximum absolute atomic E-state index is 4.97. The van der Waals surface area contributed by atoms with E-state index in [2.05, 4.69) is 24.4 Å². The summed E-state index contributed by atoms with van der Waals surface area (Å²) in [5.41, 5.74) is 0. The zero-order chi connectivity index (χ0) is 11.6. The molecule has 0 aromatic carbocycles. The van der Waals surface area contributed by atoms with E-state index in [9.17, 15) is 0 Å². The van der Waals surface area contributed by atoms with Gasteiger partial charge in [0.25, 0.3) is 0 Å². The lowest BCUT2D eigenvalue weighted by Gasteiger charge is -2.03. The Labute approximate surface area is 103 Å².